The van der Waals surface area contributed by atoms with Gasteiger partial charge < -0.3 is 15.4 Å². The van der Waals surface area contributed by atoms with Gasteiger partial charge in [0.05, 0.1) is 11.3 Å². The third-order valence-corrected chi connectivity index (χ3v) is 6.57. The number of aryl methyl sites for hydroxylation is 2. The highest BCUT2D eigenvalue weighted by molar-refractivity contribution is 5.86. The molecule has 0 spiro atoms. The summed E-state index contributed by atoms with van der Waals surface area (Å²) in [6, 6.07) is 20.6. The van der Waals surface area contributed by atoms with Crippen LogP contribution in [0, 0.1) is 0 Å². The predicted octanol–water partition coefficient (Wildman–Crippen LogP) is 6.04. The number of hydrogen-bond acceptors (Lipinski definition) is 5. The fourth-order valence-electron chi connectivity index (χ4n) is 4.83. The van der Waals surface area contributed by atoms with Gasteiger partial charge in [-0.3, -0.25) is 4.79 Å². The minimum Gasteiger partial charge on any atom is -0.444 e. The Labute approximate surface area is 213 Å². The second-order valence-corrected chi connectivity index (χ2v) is 10.4. The Kier molecular flexibility index (Phi) is 7.73. The Bertz CT molecular complexity index is 1220. The summed E-state index contributed by atoms with van der Waals surface area (Å²) in [5.41, 5.74) is 11.2. The van der Waals surface area contributed by atoms with Crippen molar-refractivity contribution in [3.05, 3.63) is 82.9 Å². The number of aromatic nitrogens is 1. The molecule has 6 heteroatoms. The average molecular weight is 486 g/mol. The lowest BCUT2D eigenvalue weighted by atomic mass is 9.86. The Morgan fingerprint density at radius 3 is 2.56 bits per heavy atom. The van der Waals surface area contributed by atoms with Gasteiger partial charge in [-0.25, -0.2) is 9.78 Å². The standard InChI is InChI=1S/C30H35N3O3/c1-30(2,3)36-29(35)33-17-9-13-23(19-33)25-18-27(32-28(31)26(25)20-34)24-14-8-7-12-22(24)16-15-21-10-5-4-6-11-21/h4-8,10-12,14,18,20,23H,9,13,15-17,19H2,1-3H3,(H2,31,32). The summed E-state index contributed by atoms with van der Waals surface area (Å²) in [6.45, 7) is 6.71. The van der Waals surface area contributed by atoms with Gasteiger partial charge >= 0.3 is 6.09 Å². The number of nitrogens with zero attached hydrogens (tertiary/aromatic N) is 2. The third-order valence-electron chi connectivity index (χ3n) is 6.57. The van der Waals surface area contributed by atoms with Gasteiger partial charge in [0.25, 0.3) is 0 Å². The summed E-state index contributed by atoms with van der Waals surface area (Å²) < 4.78 is 5.59. The van der Waals surface area contributed by atoms with Gasteiger partial charge in [0.2, 0.25) is 0 Å². The first-order valence-electron chi connectivity index (χ1n) is 12.6. The van der Waals surface area contributed by atoms with E-state index in [-0.39, 0.29) is 17.8 Å². The molecule has 2 N–H and O–H groups in total. The first-order valence-corrected chi connectivity index (χ1v) is 12.6. The fraction of sp³-hybridized carbons (Fsp3) is 0.367. The van der Waals surface area contributed by atoms with Crippen LogP contribution in [0.1, 0.15) is 66.6 Å². The molecule has 0 saturated carbocycles. The first-order chi connectivity index (χ1) is 17.2. The molecule has 1 atom stereocenters. The first kappa shape index (κ1) is 25.4. The smallest absolute Gasteiger partial charge is 0.410 e. The number of amides is 1. The Balaban J connectivity index is 1.64. The van der Waals surface area contributed by atoms with Crippen LogP contribution in [0.2, 0.25) is 0 Å². The molecule has 188 valence electrons. The van der Waals surface area contributed by atoms with Gasteiger partial charge in [-0.1, -0.05) is 54.6 Å². The van der Waals surface area contributed by atoms with Gasteiger partial charge in [0.15, 0.2) is 6.29 Å². The molecule has 1 aliphatic rings. The van der Waals surface area contributed by atoms with Crippen LogP contribution >= 0.6 is 0 Å². The van der Waals surface area contributed by atoms with Crippen molar-refractivity contribution in [3.8, 4) is 11.3 Å². The van der Waals surface area contributed by atoms with E-state index in [9.17, 15) is 9.59 Å². The number of hydrogen-bond donors (Lipinski definition) is 1. The van der Waals surface area contributed by atoms with Crippen LogP contribution in [-0.2, 0) is 17.6 Å². The number of anilines is 1. The largest absolute Gasteiger partial charge is 0.444 e. The maximum Gasteiger partial charge on any atom is 0.410 e. The summed E-state index contributed by atoms with van der Waals surface area (Å²) in [5, 5.41) is 0. The molecule has 2 heterocycles. The number of nitrogens with two attached hydrogens (primary N) is 1. The number of piperidine rings is 1. The average Bonchev–Trinajstić information content (AvgIpc) is 2.87. The lowest BCUT2D eigenvalue weighted by Gasteiger charge is -2.35. The molecular weight excluding hydrogens is 450 g/mol. The molecular formula is C30H35N3O3. The van der Waals surface area contributed by atoms with E-state index < -0.39 is 5.60 Å². The van der Waals surface area contributed by atoms with E-state index in [1.54, 1.807) is 4.90 Å². The van der Waals surface area contributed by atoms with Gasteiger partial charge in [0, 0.05) is 24.6 Å². The lowest BCUT2D eigenvalue weighted by molar-refractivity contribution is 0.0198. The van der Waals surface area contributed by atoms with Crippen LogP contribution in [0.4, 0.5) is 10.6 Å². The van der Waals surface area contributed by atoms with Crippen molar-refractivity contribution in [2.45, 2.75) is 58.0 Å². The van der Waals surface area contributed by atoms with Gasteiger partial charge in [-0.05, 0) is 69.2 Å². The van der Waals surface area contributed by atoms with Crippen molar-refractivity contribution >= 4 is 18.2 Å². The molecule has 36 heavy (non-hydrogen) atoms. The second-order valence-electron chi connectivity index (χ2n) is 10.4. The highest BCUT2D eigenvalue weighted by Crippen LogP contribution is 2.35. The molecule has 6 nitrogen and oxygen atoms in total. The number of likely N-dealkylation sites (tertiary alicyclic amines) is 1. The number of carbonyl (C=O) groups is 2. The zero-order valence-corrected chi connectivity index (χ0v) is 21.4. The molecule has 0 radical (unpaired) electrons. The molecule has 1 saturated heterocycles. The number of rotatable bonds is 6. The molecule has 0 bridgehead atoms. The molecule has 4 rings (SSSR count). The summed E-state index contributed by atoms with van der Waals surface area (Å²) in [4.78, 5) is 31.1. The summed E-state index contributed by atoms with van der Waals surface area (Å²) in [6.07, 6.45) is 3.93. The van der Waals surface area contributed by atoms with E-state index in [1.165, 1.54) is 11.1 Å². The molecule has 2 aromatic carbocycles. The van der Waals surface area contributed by atoms with Crippen LogP contribution in [-0.4, -0.2) is 41.0 Å². The molecule has 1 fully saturated rings. The van der Waals surface area contributed by atoms with E-state index in [0.29, 0.717) is 18.7 Å². The second kappa shape index (κ2) is 10.9. The van der Waals surface area contributed by atoms with Crippen molar-refractivity contribution in [1.82, 2.24) is 9.88 Å². The quantitative estimate of drug-likeness (QED) is 0.430. The van der Waals surface area contributed by atoms with E-state index in [2.05, 4.69) is 41.4 Å². The summed E-state index contributed by atoms with van der Waals surface area (Å²) in [5.74, 6) is 0.205. The van der Waals surface area contributed by atoms with Gasteiger partial charge in [0.1, 0.15) is 11.4 Å². The molecule has 1 unspecified atom stereocenters. The zero-order chi connectivity index (χ0) is 25.7. The molecule has 1 aromatic heterocycles. The number of aldehydes is 1. The fourth-order valence-corrected chi connectivity index (χ4v) is 4.83. The summed E-state index contributed by atoms with van der Waals surface area (Å²) in [7, 11) is 0. The zero-order valence-electron chi connectivity index (χ0n) is 21.4. The maximum atomic E-state index is 12.7. The maximum absolute atomic E-state index is 12.7. The van der Waals surface area contributed by atoms with Crippen molar-refractivity contribution in [2.75, 3.05) is 18.8 Å². The molecule has 0 aliphatic carbocycles. The summed E-state index contributed by atoms with van der Waals surface area (Å²) >= 11 is 0. The van der Waals surface area contributed by atoms with Crippen LogP contribution in [0.5, 0.6) is 0 Å². The Morgan fingerprint density at radius 2 is 1.83 bits per heavy atom. The Hall–Kier alpha value is -3.67. The van der Waals surface area contributed by atoms with Crippen LogP contribution in [0.3, 0.4) is 0 Å². The minimum absolute atomic E-state index is 0.0213. The van der Waals surface area contributed by atoms with Crippen molar-refractivity contribution in [1.29, 1.82) is 0 Å². The third kappa shape index (κ3) is 6.11. The van der Waals surface area contributed by atoms with E-state index >= 15 is 0 Å². The van der Waals surface area contributed by atoms with Crippen molar-refractivity contribution < 1.29 is 14.3 Å². The number of benzene rings is 2. The monoisotopic (exact) mass is 485 g/mol. The number of ether oxygens (including phenoxy) is 1. The SMILES string of the molecule is CC(C)(C)OC(=O)N1CCCC(c2cc(-c3ccccc3CCc3ccccc3)nc(N)c2C=O)C1. The van der Waals surface area contributed by atoms with Crippen molar-refractivity contribution in [3.63, 3.8) is 0 Å². The van der Waals surface area contributed by atoms with E-state index in [1.807, 2.05) is 45.0 Å². The molecule has 1 aliphatic heterocycles. The minimum atomic E-state index is -0.560. The Morgan fingerprint density at radius 1 is 1.11 bits per heavy atom. The van der Waals surface area contributed by atoms with Crippen LogP contribution in [0.15, 0.2) is 60.7 Å². The van der Waals surface area contributed by atoms with Crippen LogP contribution < -0.4 is 5.73 Å². The van der Waals surface area contributed by atoms with Gasteiger partial charge in [-0.15, -0.1) is 0 Å². The van der Waals surface area contributed by atoms with E-state index in [0.717, 1.165) is 48.8 Å². The van der Waals surface area contributed by atoms with Crippen LogP contribution in [0.25, 0.3) is 11.3 Å². The molecule has 1 amide bonds. The normalized spacial score (nSPS) is 16.0. The lowest BCUT2D eigenvalue weighted by Crippen LogP contribution is -2.42. The number of carbonyl (C=O) groups excluding carboxylic acids is 2. The topological polar surface area (TPSA) is 85.5 Å². The van der Waals surface area contributed by atoms with Crippen molar-refractivity contribution in [2.24, 2.45) is 0 Å². The number of pyridine rings is 1. The highest BCUT2D eigenvalue weighted by Gasteiger charge is 2.30. The van der Waals surface area contributed by atoms with E-state index in [4.69, 9.17) is 10.5 Å². The number of nitrogen functional groups attached to an aromatic ring is 1. The highest BCUT2D eigenvalue weighted by atomic mass is 16.6. The predicted molar refractivity (Wildman–Crippen MR) is 143 cm³/mol. The molecule has 3 aromatic rings. The van der Waals surface area contributed by atoms with Gasteiger partial charge in [-0.2, -0.15) is 0 Å².